The predicted octanol–water partition coefficient (Wildman–Crippen LogP) is 2.84. The SMILES string of the molecule is C.CC(C)C1(CNS(N)(=O)=O)CC1.CC(C)N(C1CC1)S(C)(=O)=O.[C-]#[N+]C1(NC(=O)C(C)C)CC1. The first-order valence-electron chi connectivity index (χ1n) is 11.8. The molecule has 12 heteroatoms. The molecule has 0 atom stereocenters. The highest BCUT2D eigenvalue weighted by Crippen LogP contribution is 2.51. The zero-order valence-electron chi connectivity index (χ0n) is 21.6. The molecule has 1 amide bonds. The summed E-state index contributed by atoms with van der Waals surface area (Å²) in [4.78, 5) is 14.5. The fraction of sp³-hybridized carbons (Fsp3) is 0.913. The van der Waals surface area contributed by atoms with Crippen LogP contribution < -0.4 is 15.2 Å². The number of hydrogen-bond acceptors (Lipinski definition) is 5. The Bertz CT molecular complexity index is 941. The van der Waals surface area contributed by atoms with Gasteiger partial charge in [0, 0.05) is 24.5 Å². The summed E-state index contributed by atoms with van der Waals surface area (Å²) < 4.78 is 47.5. The Kier molecular flexibility index (Phi) is 12.4. The van der Waals surface area contributed by atoms with Gasteiger partial charge < -0.3 is 0 Å². The van der Waals surface area contributed by atoms with Crippen LogP contribution in [-0.4, -0.2) is 57.6 Å². The first-order valence-corrected chi connectivity index (χ1v) is 15.2. The third-order valence-electron chi connectivity index (χ3n) is 6.36. The predicted molar refractivity (Wildman–Crippen MR) is 141 cm³/mol. The van der Waals surface area contributed by atoms with Crippen molar-refractivity contribution in [2.75, 3.05) is 12.8 Å². The van der Waals surface area contributed by atoms with Gasteiger partial charge in [0.2, 0.25) is 15.9 Å². The quantitative estimate of drug-likeness (QED) is 0.388. The molecule has 0 heterocycles. The van der Waals surface area contributed by atoms with Gasteiger partial charge in [-0.3, -0.25) is 15.0 Å². The van der Waals surface area contributed by atoms with Gasteiger partial charge in [-0.15, -0.1) is 0 Å². The van der Waals surface area contributed by atoms with Crippen molar-refractivity contribution in [2.45, 2.75) is 105 Å². The molecule has 3 aliphatic carbocycles. The van der Waals surface area contributed by atoms with Crippen LogP contribution >= 0.6 is 0 Å². The lowest BCUT2D eigenvalue weighted by Gasteiger charge is -2.23. The second kappa shape index (κ2) is 12.8. The molecule has 3 aliphatic rings. The number of rotatable bonds is 9. The van der Waals surface area contributed by atoms with Crippen molar-refractivity contribution in [1.29, 1.82) is 0 Å². The van der Waals surface area contributed by atoms with Crippen LogP contribution in [0, 0.1) is 23.8 Å². The number of carbonyl (C=O) groups excluding carboxylic acids is 1. The van der Waals surface area contributed by atoms with E-state index in [-0.39, 0.29) is 30.7 Å². The third kappa shape index (κ3) is 12.0. The number of nitrogens with two attached hydrogens (primary N) is 1. The van der Waals surface area contributed by atoms with Crippen LogP contribution in [0.15, 0.2) is 0 Å². The van der Waals surface area contributed by atoms with E-state index in [2.05, 4.69) is 28.7 Å². The van der Waals surface area contributed by atoms with Crippen molar-refractivity contribution in [3.8, 4) is 0 Å². The fourth-order valence-electron chi connectivity index (χ4n) is 3.52. The minimum absolute atomic E-state index is 0. The monoisotopic (exact) mass is 537 g/mol. The maximum Gasteiger partial charge on any atom is 0.308 e. The van der Waals surface area contributed by atoms with E-state index in [1.165, 1.54) is 6.26 Å². The number of nitrogens with zero attached hydrogens (tertiary/aromatic N) is 2. The van der Waals surface area contributed by atoms with E-state index >= 15 is 0 Å². The van der Waals surface area contributed by atoms with Crippen molar-refractivity contribution in [3.05, 3.63) is 11.4 Å². The number of hydrogen-bond donors (Lipinski definition) is 3. The summed E-state index contributed by atoms with van der Waals surface area (Å²) in [6, 6.07) is 0.405. The number of nitrogens with one attached hydrogen (secondary N) is 2. The third-order valence-corrected chi connectivity index (χ3v) is 8.39. The minimum Gasteiger partial charge on any atom is -0.287 e. The highest BCUT2D eigenvalue weighted by atomic mass is 32.2. The first kappa shape index (κ1) is 33.7. The molecule has 0 bridgehead atoms. The Hall–Kier alpha value is -1.26. The minimum atomic E-state index is -3.50. The Morgan fingerprint density at radius 1 is 1.06 bits per heavy atom. The Morgan fingerprint density at radius 2 is 1.54 bits per heavy atom. The Morgan fingerprint density at radius 3 is 1.74 bits per heavy atom. The smallest absolute Gasteiger partial charge is 0.287 e. The molecule has 10 nitrogen and oxygen atoms in total. The van der Waals surface area contributed by atoms with Crippen molar-refractivity contribution >= 4 is 26.1 Å². The first-order chi connectivity index (χ1) is 15.4. The van der Waals surface area contributed by atoms with E-state index in [4.69, 9.17) is 11.7 Å². The average Bonchev–Trinajstić information content (AvgIpc) is 3.53. The van der Waals surface area contributed by atoms with Gasteiger partial charge >= 0.3 is 5.66 Å². The van der Waals surface area contributed by atoms with Crippen LogP contribution in [0.25, 0.3) is 4.85 Å². The lowest BCUT2D eigenvalue weighted by molar-refractivity contribution is -0.124. The van der Waals surface area contributed by atoms with Gasteiger partial charge in [-0.05, 0) is 50.9 Å². The standard InChI is InChI=1S/C8H12N2O.C7H16N2O2S.C7H15NO2S.CH4/c1-6(2)7(11)10-8(9-3)4-5-8;1-6(2)7(3-4-7)5-9-12(8,10)11;1-6(2)8(7-4-5-7)11(3,9)10;/h6H,4-5H2,1-2H3,(H,10,11);6,9H,3-5H2,1-2H3,(H2,8,10,11);6-7H,4-5H2,1-3H3;1H4. The number of sulfonamides is 1. The van der Waals surface area contributed by atoms with Crippen molar-refractivity contribution in [1.82, 2.24) is 14.3 Å². The van der Waals surface area contributed by atoms with E-state index in [1.54, 1.807) is 4.31 Å². The largest absolute Gasteiger partial charge is 0.308 e. The molecular weight excluding hydrogens is 490 g/mol. The second-order valence-electron chi connectivity index (χ2n) is 10.6. The molecule has 0 saturated heterocycles. The fourth-order valence-corrected chi connectivity index (χ4v) is 5.53. The summed E-state index contributed by atoms with van der Waals surface area (Å²) in [6.45, 7) is 19.0. The van der Waals surface area contributed by atoms with Gasteiger partial charge in [-0.1, -0.05) is 35.1 Å². The average molecular weight is 538 g/mol. The normalized spacial score (nSPS) is 19.5. The summed E-state index contributed by atoms with van der Waals surface area (Å²) in [5, 5.41) is 7.56. The summed E-state index contributed by atoms with van der Waals surface area (Å²) in [5.41, 5.74) is -0.326. The molecule has 35 heavy (non-hydrogen) atoms. The second-order valence-corrected chi connectivity index (χ2v) is 13.9. The topological polar surface area (TPSA) is 143 Å². The molecule has 206 valence electrons. The molecule has 0 aromatic heterocycles. The van der Waals surface area contributed by atoms with Crippen LogP contribution in [0.1, 0.15) is 87.5 Å². The number of carbonyl (C=O) groups is 1. The zero-order chi connectivity index (χ0) is 26.5. The van der Waals surface area contributed by atoms with E-state index < -0.39 is 25.9 Å². The lowest BCUT2D eigenvalue weighted by Crippen LogP contribution is -2.37. The molecule has 0 radical (unpaired) electrons. The maximum absolute atomic E-state index is 11.2. The van der Waals surface area contributed by atoms with Crippen molar-refractivity contribution < 1.29 is 21.6 Å². The molecule has 3 saturated carbocycles. The molecule has 0 aromatic rings. The van der Waals surface area contributed by atoms with E-state index in [1.807, 2.05) is 27.7 Å². The van der Waals surface area contributed by atoms with Crippen LogP contribution in [0.3, 0.4) is 0 Å². The molecule has 3 rings (SSSR count). The van der Waals surface area contributed by atoms with E-state index in [9.17, 15) is 21.6 Å². The van der Waals surface area contributed by atoms with Crippen molar-refractivity contribution in [2.24, 2.45) is 22.4 Å². The van der Waals surface area contributed by atoms with Crippen LogP contribution in [0.5, 0.6) is 0 Å². The highest BCUT2D eigenvalue weighted by Gasteiger charge is 2.52. The van der Waals surface area contributed by atoms with Gasteiger partial charge in [-0.25, -0.2) is 24.9 Å². The van der Waals surface area contributed by atoms with Crippen LogP contribution in [0.4, 0.5) is 0 Å². The molecule has 0 unspecified atom stereocenters. The highest BCUT2D eigenvalue weighted by molar-refractivity contribution is 7.88. The molecule has 0 aliphatic heterocycles. The van der Waals surface area contributed by atoms with Gasteiger partial charge in [-0.2, -0.15) is 12.7 Å². The molecule has 0 aromatic carbocycles. The zero-order valence-corrected chi connectivity index (χ0v) is 23.2. The van der Waals surface area contributed by atoms with Crippen LogP contribution in [-0.2, 0) is 25.0 Å². The van der Waals surface area contributed by atoms with E-state index in [0.29, 0.717) is 18.5 Å². The summed E-state index contributed by atoms with van der Waals surface area (Å²) in [6.07, 6.45) is 7.19. The van der Waals surface area contributed by atoms with Gasteiger partial charge in [0.25, 0.3) is 10.2 Å². The Balaban J connectivity index is 0.000000489. The summed E-state index contributed by atoms with van der Waals surface area (Å²) >= 11 is 0. The lowest BCUT2D eigenvalue weighted by atomic mass is 9.93. The maximum atomic E-state index is 11.2. The summed E-state index contributed by atoms with van der Waals surface area (Å²) in [7, 11) is -6.47. The van der Waals surface area contributed by atoms with Crippen LogP contribution in [0.2, 0.25) is 0 Å². The van der Waals surface area contributed by atoms with Crippen molar-refractivity contribution in [3.63, 3.8) is 0 Å². The van der Waals surface area contributed by atoms with Gasteiger partial charge in [0.1, 0.15) is 0 Å². The molecular formula is C23H47N5O5S2. The van der Waals surface area contributed by atoms with Gasteiger partial charge in [0.05, 0.1) is 19.1 Å². The Labute approximate surface area is 213 Å². The van der Waals surface area contributed by atoms with E-state index in [0.717, 1.165) is 38.5 Å². The molecule has 0 spiro atoms. The summed E-state index contributed by atoms with van der Waals surface area (Å²) in [5.74, 6) is 0.486. The molecule has 4 N–H and O–H groups in total. The van der Waals surface area contributed by atoms with Gasteiger partial charge in [0.15, 0.2) is 0 Å². The molecule has 3 fully saturated rings. The number of amides is 1.